The highest BCUT2D eigenvalue weighted by Gasteiger charge is 2.21. The Balaban J connectivity index is 1.89. The van der Waals surface area contributed by atoms with Crippen LogP contribution in [0, 0.1) is 5.82 Å². The summed E-state index contributed by atoms with van der Waals surface area (Å²) in [6, 6.07) is 4.13. The van der Waals surface area contributed by atoms with Crippen LogP contribution in [0.3, 0.4) is 0 Å². The maximum Gasteiger partial charge on any atom is 0.260 e. The first-order valence-corrected chi connectivity index (χ1v) is 7.08. The summed E-state index contributed by atoms with van der Waals surface area (Å²) >= 11 is 0. The molecule has 1 amide bonds. The van der Waals surface area contributed by atoms with Gasteiger partial charge in [-0.3, -0.25) is 4.79 Å². The lowest BCUT2D eigenvalue weighted by atomic mass is 9.95. The Hall–Kier alpha value is -1.78. The summed E-state index contributed by atoms with van der Waals surface area (Å²) in [5.74, 6) is -0.243. The van der Waals surface area contributed by atoms with Crippen molar-refractivity contribution in [3.8, 4) is 5.75 Å². The lowest BCUT2D eigenvalue weighted by molar-refractivity contribution is -0.128. The van der Waals surface area contributed by atoms with Gasteiger partial charge in [0, 0.05) is 12.1 Å². The van der Waals surface area contributed by atoms with E-state index in [1.165, 1.54) is 24.6 Å². The van der Waals surface area contributed by atoms with Gasteiger partial charge in [-0.05, 0) is 31.9 Å². The van der Waals surface area contributed by atoms with Gasteiger partial charge in [0.25, 0.3) is 5.91 Å². The fourth-order valence-corrected chi connectivity index (χ4v) is 2.44. The molecule has 4 nitrogen and oxygen atoms in total. The maximum absolute atomic E-state index is 12.9. The topological polar surface area (TPSA) is 64.3 Å². The zero-order valence-corrected chi connectivity index (χ0v) is 11.7. The van der Waals surface area contributed by atoms with Gasteiger partial charge in [0.2, 0.25) is 0 Å². The molecule has 0 aliphatic heterocycles. The monoisotopic (exact) mass is 280 g/mol. The molecule has 5 heteroatoms. The third-order valence-electron chi connectivity index (χ3n) is 3.60. The molecule has 0 spiro atoms. The molecule has 2 rings (SSSR count). The number of anilines is 1. The van der Waals surface area contributed by atoms with Crippen molar-refractivity contribution in [1.29, 1.82) is 0 Å². The van der Waals surface area contributed by atoms with Crippen molar-refractivity contribution in [2.45, 2.75) is 51.2 Å². The number of amides is 1. The van der Waals surface area contributed by atoms with Crippen LogP contribution in [0.5, 0.6) is 5.75 Å². The van der Waals surface area contributed by atoms with Crippen LogP contribution in [0.25, 0.3) is 0 Å². The first-order chi connectivity index (χ1) is 9.56. The predicted molar refractivity (Wildman–Crippen MR) is 75.9 cm³/mol. The van der Waals surface area contributed by atoms with Gasteiger partial charge < -0.3 is 15.8 Å². The number of halogens is 1. The zero-order chi connectivity index (χ0) is 14.5. The van der Waals surface area contributed by atoms with Crippen molar-refractivity contribution < 1.29 is 13.9 Å². The minimum absolute atomic E-state index is 0.152. The lowest BCUT2D eigenvalue weighted by Gasteiger charge is -2.24. The van der Waals surface area contributed by atoms with Gasteiger partial charge in [-0.15, -0.1) is 0 Å². The van der Waals surface area contributed by atoms with Crippen molar-refractivity contribution >= 4 is 11.6 Å². The second-order valence-corrected chi connectivity index (χ2v) is 5.29. The van der Waals surface area contributed by atoms with E-state index in [4.69, 9.17) is 10.5 Å². The molecule has 1 aliphatic rings. The molecule has 1 unspecified atom stereocenters. The Morgan fingerprint density at radius 2 is 2.10 bits per heavy atom. The molecule has 3 N–H and O–H groups in total. The van der Waals surface area contributed by atoms with E-state index in [9.17, 15) is 9.18 Å². The Morgan fingerprint density at radius 1 is 1.40 bits per heavy atom. The Labute approximate surface area is 118 Å². The summed E-state index contributed by atoms with van der Waals surface area (Å²) < 4.78 is 18.4. The minimum atomic E-state index is -0.648. The minimum Gasteiger partial charge on any atom is -0.479 e. The number of carbonyl (C=O) groups is 1. The van der Waals surface area contributed by atoms with Gasteiger partial charge in [-0.25, -0.2) is 4.39 Å². The number of nitrogens with one attached hydrogen (secondary N) is 1. The van der Waals surface area contributed by atoms with E-state index < -0.39 is 11.9 Å². The zero-order valence-electron chi connectivity index (χ0n) is 11.7. The molecule has 1 aliphatic carbocycles. The van der Waals surface area contributed by atoms with Gasteiger partial charge in [0.15, 0.2) is 6.10 Å². The Kier molecular flexibility index (Phi) is 4.82. The molecule has 0 heterocycles. The molecule has 0 saturated heterocycles. The molecule has 1 atom stereocenters. The summed E-state index contributed by atoms with van der Waals surface area (Å²) in [5, 5.41) is 2.99. The molecule has 0 radical (unpaired) electrons. The van der Waals surface area contributed by atoms with E-state index in [0.29, 0.717) is 5.75 Å². The Bertz CT molecular complexity index is 473. The average Bonchev–Trinajstić information content (AvgIpc) is 2.43. The normalized spacial score (nSPS) is 17.5. The third kappa shape index (κ3) is 3.85. The number of carbonyl (C=O) groups excluding carboxylic acids is 1. The van der Waals surface area contributed by atoms with Crippen molar-refractivity contribution in [3.05, 3.63) is 24.0 Å². The van der Waals surface area contributed by atoms with E-state index in [0.717, 1.165) is 25.7 Å². The van der Waals surface area contributed by atoms with E-state index in [1.807, 2.05) is 0 Å². The summed E-state index contributed by atoms with van der Waals surface area (Å²) in [6.07, 6.45) is 4.96. The van der Waals surface area contributed by atoms with E-state index in [1.54, 1.807) is 6.92 Å². The van der Waals surface area contributed by atoms with Crippen LogP contribution in [-0.2, 0) is 4.79 Å². The average molecular weight is 280 g/mol. The number of hydrogen-bond acceptors (Lipinski definition) is 3. The second kappa shape index (κ2) is 6.59. The molecule has 20 heavy (non-hydrogen) atoms. The van der Waals surface area contributed by atoms with Crippen LogP contribution in [0.1, 0.15) is 39.0 Å². The van der Waals surface area contributed by atoms with E-state index in [-0.39, 0.29) is 17.6 Å². The molecular weight excluding hydrogens is 259 g/mol. The van der Waals surface area contributed by atoms with Crippen molar-refractivity contribution in [1.82, 2.24) is 5.32 Å². The smallest absolute Gasteiger partial charge is 0.260 e. The largest absolute Gasteiger partial charge is 0.479 e. The highest BCUT2D eigenvalue weighted by atomic mass is 19.1. The van der Waals surface area contributed by atoms with E-state index >= 15 is 0 Å². The first kappa shape index (κ1) is 14.6. The molecule has 1 saturated carbocycles. The molecule has 110 valence electrons. The standard InChI is InChI=1S/C15H21FN2O2/c1-10(15(19)18-12-5-3-2-4-6-12)20-14-8-7-11(16)9-13(14)17/h7-10,12H,2-6,17H2,1H3,(H,18,19). The lowest BCUT2D eigenvalue weighted by Crippen LogP contribution is -2.43. The molecule has 0 aromatic heterocycles. The van der Waals surface area contributed by atoms with Crippen LogP contribution in [0.4, 0.5) is 10.1 Å². The fraction of sp³-hybridized carbons (Fsp3) is 0.533. The van der Waals surface area contributed by atoms with Gasteiger partial charge in [-0.1, -0.05) is 19.3 Å². The third-order valence-corrected chi connectivity index (χ3v) is 3.60. The number of ether oxygens (including phenoxy) is 1. The summed E-state index contributed by atoms with van der Waals surface area (Å²) in [5.41, 5.74) is 5.85. The van der Waals surface area contributed by atoms with Gasteiger partial charge in [0.1, 0.15) is 11.6 Å². The summed E-state index contributed by atoms with van der Waals surface area (Å²) in [4.78, 5) is 12.0. The Morgan fingerprint density at radius 3 is 2.75 bits per heavy atom. The van der Waals surface area contributed by atoms with E-state index in [2.05, 4.69) is 5.32 Å². The molecular formula is C15H21FN2O2. The number of nitrogens with two attached hydrogens (primary N) is 1. The summed E-state index contributed by atoms with van der Waals surface area (Å²) in [6.45, 7) is 1.67. The van der Waals surface area contributed by atoms with Crippen molar-refractivity contribution in [3.63, 3.8) is 0 Å². The SMILES string of the molecule is CC(Oc1ccc(F)cc1N)C(=O)NC1CCCCC1. The molecule has 0 bridgehead atoms. The maximum atomic E-state index is 12.9. The molecule has 1 aromatic rings. The highest BCUT2D eigenvalue weighted by Crippen LogP contribution is 2.23. The number of benzene rings is 1. The fourth-order valence-electron chi connectivity index (χ4n) is 2.44. The van der Waals surface area contributed by atoms with Crippen LogP contribution in [0.2, 0.25) is 0 Å². The first-order valence-electron chi connectivity index (χ1n) is 7.08. The molecule has 1 aromatic carbocycles. The highest BCUT2D eigenvalue weighted by molar-refractivity contribution is 5.81. The van der Waals surface area contributed by atoms with Crippen LogP contribution < -0.4 is 15.8 Å². The number of hydrogen-bond donors (Lipinski definition) is 2. The quantitative estimate of drug-likeness (QED) is 0.833. The van der Waals surface area contributed by atoms with Gasteiger partial charge in [0.05, 0.1) is 5.69 Å². The van der Waals surface area contributed by atoms with Crippen LogP contribution >= 0.6 is 0 Å². The van der Waals surface area contributed by atoms with Crippen molar-refractivity contribution in [2.75, 3.05) is 5.73 Å². The van der Waals surface area contributed by atoms with Crippen molar-refractivity contribution in [2.24, 2.45) is 0 Å². The predicted octanol–water partition coefficient (Wildman–Crippen LogP) is 2.62. The number of nitrogen functional groups attached to an aromatic ring is 1. The molecule has 1 fully saturated rings. The van der Waals surface area contributed by atoms with Crippen LogP contribution in [0.15, 0.2) is 18.2 Å². The second-order valence-electron chi connectivity index (χ2n) is 5.29. The van der Waals surface area contributed by atoms with Gasteiger partial charge >= 0.3 is 0 Å². The summed E-state index contributed by atoms with van der Waals surface area (Å²) in [7, 11) is 0. The number of rotatable bonds is 4. The van der Waals surface area contributed by atoms with Gasteiger partial charge in [-0.2, -0.15) is 0 Å². The van der Waals surface area contributed by atoms with Crippen LogP contribution in [-0.4, -0.2) is 18.1 Å².